The molecule has 2 unspecified atom stereocenters. The van der Waals surface area contributed by atoms with Crippen molar-refractivity contribution in [3.05, 3.63) is 12.2 Å². The molecule has 6 aliphatic rings. The van der Waals surface area contributed by atoms with Gasteiger partial charge in [-0.25, -0.2) is 0 Å². The molecule has 5 heterocycles. The Morgan fingerprint density at radius 1 is 0.893 bits per heavy atom. The Bertz CT molecular complexity index is 1430. The average Bonchev–Trinajstić information content (AvgIpc) is 3.93. The molecule has 6 rings (SSSR count). The Kier molecular flexibility index (Phi) is 13.7. The van der Waals surface area contributed by atoms with Gasteiger partial charge in [-0.3, -0.25) is 9.59 Å². The first-order chi connectivity index (χ1) is 26.4. The van der Waals surface area contributed by atoms with E-state index in [2.05, 4.69) is 57.8 Å². The van der Waals surface area contributed by atoms with Gasteiger partial charge in [0.25, 0.3) is 0 Å². The predicted molar refractivity (Wildman–Crippen MR) is 219 cm³/mol. The quantitative estimate of drug-likeness (QED) is 0.105. The van der Waals surface area contributed by atoms with Crippen molar-refractivity contribution in [1.82, 2.24) is 5.32 Å². The zero-order chi connectivity index (χ0) is 41.0. The van der Waals surface area contributed by atoms with Gasteiger partial charge in [0.2, 0.25) is 0 Å². The third-order valence-electron chi connectivity index (χ3n) is 15.5. The highest BCUT2D eigenvalue weighted by atomic mass is 32.1. The lowest BCUT2D eigenvalue weighted by Crippen LogP contribution is -2.65. The molecule has 0 amide bonds. The minimum absolute atomic E-state index is 0.00525. The summed E-state index contributed by atoms with van der Waals surface area (Å²) < 4.78 is 34.9. The summed E-state index contributed by atoms with van der Waals surface area (Å²) >= 11 is 4.14. The van der Waals surface area contributed by atoms with Crippen molar-refractivity contribution in [2.45, 2.75) is 218 Å². The zero-order valence-electron chi connectivity index (χ0n) is 36.0. The van der Waals surface area contributed by atoms with Crippen LogP contribution in [-0.4, -0.2) is 92.6 Å². The first-order valence-corrected chi connectivity index (χ1v) is 22.8. The molecule has 1 aliphatic carbocycles. The first-order valence-electron chi connectivity index (χ1n) is 22.4. The predicted octanol–water partition coefficient (Wildman–Crippen LogP) is 7.32. The fraction of sp³-hybridized carbons (Fsp3) is 0.911. The minimum atomic E-state index is -1.10. The Hall–Kier alpha value is -0.890. The third-order valence-corrected chi connectivity index (χ3v) is 15.8. The maximum atomic E-state index is 14.6. The van der Waals surface area contributed by atoms with Gasteiger partial charge >= 0.3 is 0 Å². The normalized spacial score (nSPS) is 45.7. The number of aliphatic hydroxyl groups excluding tert-OH is 1. The molecule has 320 valence electrons. The van der Waals surface area contributed by atoms with Gasteiger partial charge in [-0.15, -0.1) is 12.6 Å². The lowest BCUT2D eigenvalue weighted by atomic mass is 9.72. The highest BCUT2D eigenvalue weighted by Crippen LogP contribution is 2.54. The summed E-state index contributed by atoms with van der Waals surface area (Å²) in [5.41, 5.74) is -1.45. The minimum Gasteiger partial charge on any atom is -0.392 e. The summed E-state index contributed by atoms with van der Waals surface area (Å²) in [6.45, 7) is 20.4. The van der Waals surface area contributed by atoms with E-state index in [9.17, 15) is 19.8 Å². The molecule has 0 aromatic carbocycles. The van der Waals surface area contributed by atoms with Crippen LogP contribution in [0, 0.1) is 41.4 Å². The topological polar surface area (TPSA) is 133 Å². The van der Waals surface area contributed by atoms with Gasteiger partial charge in [0.1, 0.15) is 5.78 Å². The van der Waals surface area contributed by atoms with Crippen molar-refractivity contribution < 1.29 is 43.5 Å². The van der Waals surface area contributed by atoms with Crippen molar-refractivity contribution >= 4 is 23.5 Å². The standard InChI is InChI=1S/C45H75NO9S/c1-11-32(41(49)56)34-17-14-25(4)39(52-34)29(8)37(47)28(7)38(48)33(12-2)40-26(5)24-27(6)44(53-40)21-18-35(46-31-15-16-31)45(55-44)23-22-42(10,54-45)36-19-20-43(50,13-3)30(9)51-36/h18,21,25-37,39-40,46-47,50H,11-17,19-20,22-24H2,1-10H3,(H,49,56)/t25-,26-,27+,28-,29-,30-,32?,33-,34+,35+,36+,37+,39?,40-,42-,43+,44-,45-/m0/s1. The zero-order valence-corrected chi connectivity index (χ0v) is 36.9. The van der Waals surface area contributed by atoms with E-state index < -0.39 is 46.8 Å². The molecule has 1 saturated carbocycles. The molecule has 0 aromatic rings. The molecule has 2 spiro atoms. The number of Topliss-reactive ketones (excluding diaryl/α,β-unsaturated/α-hetero) is 1. The Balaban J connectivity index is 1.20. The lowest BCUT2D eigenvalue weighted by Gasteiger charge is -2.55. The van der Waals surface area contributed by atoms with Crippen LogP contribution in [-0.2, 0) is 33.3 Å². The average molecular weight is 806 g/mol. The molecule has 5 fully saturated rings. The molecule has 3 N–H and O–H groups in total. The second kappa shape index (κ2) is 17.2. The fourth-order valence-corrected chi connectivity index (χ4v) is 11.5. The van der Waals surface area contributed by atoms with E-state index in [4.69, 9.17) is 23.7 Å². The van der Waals surface area contributed by atoms with Gasteiger partial charge in [-0.1, -0.05) is 61.5 Å². The third kappa shape index (κ3) is 8.52. The Labute approximate surface area is 342 Å². The number of hydrogen-bond acceptors (Lipinski definition) is 10. The van der Waals surface area contributed by atoms with Crippen LogP contribution in [0.3, 0.4) is 0 Å². The summed E-state index contributed by atoms with van der Waals surface area (Å²) in [7, 11) is 0. The Morgan fingerprint density at radius 2 is 1.59 bits per heavy atom. The highest BCUT2D eigenvalue weighted by Gasteiger charge is 2.63. The van der Waals surface area contributed by atoms with Gasteiger partial charge < -0.3 is 39.2 Å². The number of rotatable bonds is 14. The van der Waals surface area contributed by atoms with E-state index in [0.29, 0.717) is 44.6 Å². The van der Waals surface area contributed by atoms with Gasteiger partial charge in [-0.05, 0) is 102 Å². The lowest BCUT2D eigenvalue weighted by molar-refractivity contribution is -0.398. The van der Waals surface area contributed by atoms with E-state index in [1.165, 1.54) is 0 Å². The van der Waals surface area contributed by atoms with Crippen LogP contribution in [0.25, 0.3) is 0 Å². The number of aliphatic hydroxyl groups is 2. The van der Waals surface area contributed by atoms with E-state index >= 15 is 0 Å². The van der Waals surface area contributed by atoms with Crippen molar-refractivity contribution in [1.29, 1.82) is 0 Å². The van der Waals surface area contributed by atoms with Gasteiger partial charge in [0.05, 0.1) is 59.8 Å². The van der Waals surface area contributed by atoms with Crippen LogP contribution < -0.4 is 5.32 Å². The van der Waals surface area contributed by atoms with Gasteiger partial charge in [0, 0.05) is 36.1 Å². The summed E-state index contributed by atoms with van der Waals surface area (Å²) in [4.78, 5) is 26.9. The van der Waals surface area contributed by atoms with E-state index in [1.807, 2.05) is 41.5 Å². The summed E-state index contributed by atoms with van der Waals surface area (Å²) in [5, 5.41) is 26.7. The fourth-order valence-electron chi connectivity index (χ4n) is 11.2. The van der Waals surface area contributed by atoms with Crippen molar-refractivity contribution in [3.8, 4) is 0 Å². The molecule has 0 aromatic heterocycles. The van der Waals surface area contributed by atoms with E-state index in [-0.39, 0.29) is 70.9 Å². The van der Waals surface area contributed by atoms with Crippen LogP contribution >= 0.6 is 12.6 Å². The van der Waals surface area contributed by atoms with Crippen molar-refractivity contribution in [2.75, 3.05) is 0 Å². The SMILES string of the molecule is CCC(C(=O)S)[C@H]1CC[C@H](C)C([C@@H](C)[C@H](O)[C@H](C)C(=O)[C@H](CC)[C@H]2O[C@]3(C=C[C@@H](NC4CC4)[C@]4(CC[C@@](C)([C@H]5CC[C@](O)(CC)[C@H](C)O5)O4)O3)[C@H](C)C[C@@H]2C)O1. The number of nitrogens with one attached hydrogen (secondary N) is 1. The van der Waals surface area contributed by atoms with E-state index in [0.717, 1.165) is 38.5 Å². The van der Waals surface area contributed by atoms with Gasteiger partial charge in [0.15, 0.2) is 16.7 Å². The number of thiol groups is 1. The van der Waals surface area contributed by atoms with Crippen LogP contribution in [0.15, 0.2) is 12.2 Å². The van der Waals surface area contributed by atoms with Crippen LogP contribution in [0.5, 0.6) is 0 Å². The summed E-state index contributed by atoms with van der Waals surface area (Å²) in [6.07, 6.45) is 11.3. The maximum Gasteiger partial charge on any atom is 0.194 e. The number of hydrogen-bond donors (Lipinski definition) is 4. The molecular formula is C45H75NO9S. The van der Waals surface area contributed by atoms with Crippen molar-refractivity contribution in [3.63, 3.8) is 0 Å². The molecule has 10 nitrogen and oxygen atoms in total. The molecule has 0 radical (unpaired) electrons. The monoisotopic (exact) mass is 806 g/mol. The number of carbonyl (C=O) groups excluding carboxylic acids is 2. The number of ketones is 1. The summed E-state index contributed by atoms with van der Waals surface area (Å²) in [6, 6.07) is 0.244. The highest BCUT2D eigenvalue weighted by molar-refractivity contribution is 7.96. The second-order valence-corrected chi connectivity index (χ2v) is 19.8. The smallest absolute Gasteiger partial charge is 0.194 e. The maximum absolute atomic E-state index is 14.6. The molecule has 11 heteroatoms. The molecular weight excluding hydrogens is 731 g/mol. The second-order valence-electron chi connectivity index (χ2n) is 19.4. The van der Waals surface area contributed by atoms with Crippen LogP contribution in [0.4, 0.5) is 0 Å². The van der Waals surface area contributed by atoms with Gasteiger partial charge in [-0.2, -0.15) is 0 Å². The molecule has 4 saturated heterocycles. The molecule has 0 bridgehead atoms. The largest absolute Gasteiger partial charge is 0.392 e. The number of ether oxygens (including phenoxy) is 5. The summed E-state index contributed by atoms with van der Waals surface area (Å²) in [5.74, 6) is -3.53. The van der Waals surface area contributed by atoms with Crippen molar-refractivity contribution in [2.24, 2.45) is 41.4 Å². The first kappa shape index (κ1) is 44.7. The van der Waals surface area contributed by atoms with Crippen LogP contribution in [0.2, 0.25) is 0 Å². The number of carbonyl (C=O) groups is 2. The molecule has 56 heavy (non-hydrogen) atoms. The van der Waals surface area contributed by atoms with Crippen LogP contribution in [0.1, 0.15) is 146 Å². The van der Waals surface area contributed by atoms with E-state index in [1.54, 1.807) is 0 Å². The Morgan fingerprint density at radius 3 is 2.20 bits per heavy atom. The molecule has 5 aliphatic heterocycles. The molecule has 18 atom stereocenters.